The van der Waals surface area contributed by atoms with E-state index in [1.54, 1.807) is 0 Å². The van der Waals surface area contributed by atoms with Gasteiger partial charge in [-0.2, -0.15) is 0 Å². The van der Waals surface area contributed by atoms with Crippen molar-refractivity contribution in [2.24, 2.45) is 0 Å². The van der Waals surface area contributed by atoms with Crippen LogP contribution in [0.3, 0.4) is 0 Å². The highest BCUT2D eigenvalue weighted by atomic mass is 35.5. The number of hydrogen-bond acceptors (Lipinski definition) is 2. The van der Waals surface area contributed by atoms with Crippen molar-refractivity contribution in [3.05, 3.63) is 29.3 Å². The minimum absolute atomic E-state index is 0.444. The second-order valence-electron chi connectivity index (χ2n) is 4.85. The summed E-state index contributed by atoms with van der Waals surface area (Å²) in [7, 11) is 0. The number of halogens is 1. The Balaban J connectivity index is 1.82. The molecule has 0 aromatic heterocycles. The molecule has 86 valence electrons. The lowest BCUT2D eigenvalue weighted by Crippen LogP contribution is -2.64. The van der Waals surface area contributed by atoms with Crippen molar-refractivity contribution in [1.29, 1.82) is 0 Å². The number of nitrogens with one attached hydrogen (secondary N) is 1. The van der Waals surface area contributed by atoms with Crippen molar-refractivity contribution in [1.82, 2.24) is 5.32 Å². The van der Waals surface area contributed by atoms with E-state index in [0.717, 1.165) is 18.1 Å². The molecule has 2 saturated heterocycles. The fourth-order valence-electron chi connectivity index (χ4n) is 2.98. The van der Waals surface area contributed by atoms with E-state index in [2.05, 4.69) is 22.3 Å². The molecule has 0 atom stereocenters. The van der Waals surface area contributed by atoms with Crippen LogP contribution in [0.5, 0.6) is 0 Å². The quantitative estimate of drug-likeness (QED) is 0.807. The predicted molar refractivity (Wildman–Crippen MR) is 68.2 cm³/mol. The minimum atomic E-state index is 0.444. The van der Waals surface area contributed by atoms with E-state index in [1.807, 2.05) is 12.1 Å². The lowest BCUT2D eigenvalue weighted by molar-refractivity contribution is 0.206. The standard InChI is InChI=1S/C13H17ClN2/c14-11-1-3-12(4-2-11)16-10-7-13(16)5-8-15-9-6-13/h1-4,15H,5-10H2. The first-order valence-corrected chi connectivity index (χ1v) is 6.42. The van der Waals surface area contributed by atoms with Gasteiger partial charge in [0.05, 0.1) is 0 Å². The molecule has 2 nitrogen and oxygen atoms in total. The summed E-state index contributed by atoms with van der Waals surface area (Å²) >= 11 is 5.93. The molecule has 1 aromatic carbocycles. The van der Waals surface area contributed by atoms with Crippen molar-refractivity contribution in [3.8, 4) is 0 Å². The third-order valence-corrected chi connectivity index (χ3v) is 4.30. The Morgan fingerprint density at radius 3 is 2.31 bits per heavy atom. The molecule has 0 bridgehead atoms. The first-order valence-electron chi connectivity index (χ1n) is 6.04. The van der Waals surface area contributed by atoms with Crippen molar-refractivity contribution in [3.63, 3.8) is 0 Å². The average Bonchev–Trinajstić information content (AvgIpc) is 2.32. The Morgan fingerprint density at radius 1 is 1.06 bits per heavy atom. The van der Waals surface area contributed by atoms with Crippen molar-refractivity contribution in [2.45, 2.75) is 24.8 Å². The van der Waals surface area contributed by atoms with E-state index in [9.17, 15) is 0 Å². The minimum Gasteiger partial charge on any atom is -0.366 e. The van der Waals surface area contributed by atoms with E-state index in [4.69, 9.17) is 11.6 Å². The summed E-state index contributed by atoms with van der Waals surface area (Å²) < 4.78 is 0. The van der Waals surface area contributed by atoms with Crippen LogP contribution in [0.1, 0.15) is 19.3 Å². The summed E-state index contributed by atoms with van der Waals surface area (Å²) in [5.74, 6) is 0. The van der Waals surface area contributed by atoms with Gasteiger partial charge in [0.2, 0.25) is 0 Å². The molecule has 2 fully saturated rings. The van der Waals surface area contributed by atoms with Crippen molar-refractivity contribution < 1.29 is 0 Å². The zero-order chi connectivity index (χ0) is 11.0. The van der Waals surface area contributed by atoms with Gasteiger partial charge in [0.25, 0.3) is 0 Å². The van der Waals surface area contributed by atoms with E-state index >= 15 is 0 Å². The fraction of sp³-hybridized carbons (Fsp3) is 0.538. The topological polar surface area (TPSA) is 15.3 Å². The number of anilines is 1. The molecule has 3 rings (SSSR count). The van der Waals surface area contributed by atoms with Gasteiger partial charge in [-0.05, 0) is 56.6 Å². The van der Waals surface area contributed by atoms with Crippen LogP contribution in [0.4, 0.5) is 5.69 Å². The second kappa shape index (κ2) is 3.94. The maximum atomic E-state index is 5.93. The van der Waals surface area contributed by atoms with Gasteiger partial charge in [0, 0.05) is 22.8 Å². The maximum Gasteiger partial charge on any atom is 0.0443 e. The highest BCUT2D eigenvalue weighted by molar-refractivity contribution is 6.30. The number of hydrogen-bond donors (Lipinski definition) is 1. The Morgan fingerprint density at radius 2 is 1.75 bits per heavy atom. The largest absolute Gasteiger partial charge is 0.366 e. The van der Waals surface area contributed by atoms with Crippen LogP contribution in [0.25, 0.3) is 0 Å². The zero-order valence-electron chi connectivity index (χ0n) is 9.38. The summed E-state index contributed by atoms with van der Waals surface area (Å²) in [4.78, 5) is 2.56. The third kappa shape index (κ3) is 1.61. The first-order chi connectivity index (χ1) is 7.80. The van der Waals surface area contributed by atoms with Crippen LogP contribution >= 0.6 is 11.6 Å². The van der Waals surface area contributed by atoms with Gasteiger partial charge in [-0.25, -0.2) is 0 Å². The highest BCUT2D eigenvalue weighted by Gasteiger charge is 2.44. The zero-order valence-corrected chi connectivity index (χ0v) is 10.1. The summed E-state index contributed by atoms with van der Waals surface area (Å²) in [5.41, 5.74) is 1.77. The molecule has 2 heterocycles. The lowest BCUT2D eigenvalue weighted by atomic mass is 9.76. The van der Waals surface area contributed by atoms with Crippen LogP contribution in [0, 0.1) is 0 Å². The van der Waals surface area contributed by atoms with Crippen LogP contribution in [-0.2, 0) is 0 Å². The Hall–Kier alpha value is -0.730. The molecule has 0 saturated carbocycles. The van der Waals surface area contributed by atoms with Gasteiger partial charge in [0.1, 0.15) is 0 Å². The van der Waals surface area contributed by atoms with Gasteiger partial charge in [-0.15, -0.1) is 0 Å². The smallest absolute Gasteiger partial charge is 0.0443 e. The molecule has 1 N–H and O–H groups in total. The molecule has 0 radical (unpaired) electrons. The van der Waals surface area contributed by atoms with E-state index in [0.29, 0.717) is 5.54 Å². The van der Waals surface area contributed by atoms with E-state index in [1.165, 1.54) is 31.5 Å². The summed E-state index contributed by atoms with van der Waals surface area (Å²) in [6, 6.07) is 8.27. The van der Waals surface area contributed by atoms with Gasteiger partial charge in [-0.3, -0.25) is 0 Å². The summed E-state index contributed by atoms with van der Waals surface area (Å²) in [5, 5.41) is 4.26. The number of nitrogens with zero attached hydrogens (tertiary/aromatic N) is 1. The van der Waals surface area contributed by atoms with Crippen LogP contribution < -0.4 is 10.2 Å². The van der Waals surface area contributed by atoms with Gasteiger partial charge in [0.15, 0.2) is 0 Å². The molecular weight excluding hydrogens is 220 g/mol. The van der Waals surface area contributed by atoms with Crippen LogP contribution in [0.2, 0.25) is 5.02 Å². The summed E-state index contributed by atoms with van der Waals surface area (Å²) in [6.07, 6.45) is 3.89. The van der Waals surface area contributed by atoms with Crippen molar-refractivity contribution >= 4 is 17.3 Å². The van der Waals surface area contributed by atoms with Gasteiger partial charge in [-0.1, -0.05) is 11.6 Å². The fourth-order valence-corrected chi connectivity index (χ4v) is 3.10. The Labute approximate surface area is 102 Å². The molecule has 0 aliphatic carbocycles. The Kier molecular flexibility index (Phi) is 2.56. The normalized spacial score (nSPS) is 23.2. The third-order valence-electron chi connectivity index (χ3n) is 4.05. The molecule has 3 heteroatoms. The van der Waals surface area contributed by atoms with Gasteiger partial charge < -0.3 is 10.2 Å². The molecular formula is C13H17ClN2. The highest BCUT2D eigenvalue weighted by Crippen LogP contribution is 2.41. The SMILES string of the molecule is Clc1ccc(N2CCC23CCNCC3)cc1. The van der Waals surface area contributed by atoms with Gasteiger partial charge >= 0.3 is 0 Å². The molecule has 2 aliphatic heterocycles. The number of rotatable bonds is 1. The first kappa shape index (κ1) is 10.4. The average molecular weight is 237 g/mol. The molecule has 2 aliphatic rings. The monoisotopic (exact) mass is 236 g/mol. The summed E-state index contributed by atoms with van der Waals surface area (Å²) in [6.45, 7) is 3.51. The molecule has 1 aromatic rings. The van der Waals surface area contributed by atoms with E-state index in [-0.39, 0.29) is 0 Å². The molecule has 1 spiro atoms. The second-order valence-corrected chi connectivity index (χ2v) is 5.29. The molecule has 0 amide bonds. The Bertz CT molecular complexity index is 368. The van der Waals surface area contributed by atoms with Crippen LogP contribution in [-0.4, -0.2) is 25.2 Å². The van der Waals surface area contributed by atoms with Crippen molar-refractivity contribution in [2.75, 3.05) is 24.5 Å². The maximum absolute atomic E-state index is 5.93. The van der Waals surface area contributed by atoms with E-state index < -0.39 is 0 Å². The lowest BCUT2D eigenvalue weighted by Gasteiger charge is -2.56. The molecule has 16 heavy (non-hydrogen) atoms. The predicted octanol–water partition coefficient (Wildman–Crippen LogP) is 2.67. The van der Waals surface area contributed by atoms with Crippen LogP contribution in [0.15, 0.2) is 24.3 Å². The number of benzene rings is 1. The number of piperidine rings is 1. The molecule has 0 unspecified atom stereocenters.